The molecule has 4 amide bonds. The van der Waals surface area contributed by atoms with Gasteiger partial charge < -0.3 is 14.8 Å². The normalized spacial score (nSPS) is 10.7. The Balaban J connectivity index is 2.52. The lowest BCUT2D eigenvalue weighted by Gasteiger charge is -2.23. The van der Waals surface area contributed by atoms with E-state index in [4.69, 9.17) is 9.47 Å². The minimum atomic E-state index is -0.590. The number of hydrazine groups is 1. The predicted molar refractivity (Wildman–Crippen MR) is 120 cm³/mol. The maximum absolute atomic E-state index is 12.5. The van der Waals surface area contributed by atoms with Gasteiger partial charge in [-0.15, -0.1) is 0 Å². The SMILES string of the molecule is CCOC(=O)CCCCN(NC(C)=O)C(=O)NCc1ccc(NC(=O)OC(C)(C)C)cc1. The molecule has 1 aromatic carbocycles. The molecule has 32 heavy (non-hydrogen) atoms. The van der Waals surface area contributed by atoms with E-state index in [1.165, 1.54) is 11.9 Å². The first-order chi connectivity index (χ1) is 15.0. The highest BCUT2D eigenvalue weighted by atomic mass is 16.6. The van der Waals surface area contributed by atoms with Crippen molar-refractivity contribution in [3.05, 3.63) is 29.8 Å². The Morgan fingerprint density at radius 1 is 1.03 bits per heavy atom. The molecular weight excluding hydrogens is 416 g/mol. The molecule has 3 N–H and O–H groups in total. The third-order valence-corrected chi connectivity index (χ3v) is 3.90. The van der Waals surface area contributed by atoms with Crippen molar-refractivity contribution in [1.29, 1.82) is 0 Å². The number of carbonyl (C=O) groups excluding carboxylic acids is 4. The Labute approximate surface area is 189 Å². The molecule has 0 saturated heterocycles. The van der Waals surface area contributed by atoms with E-state index < -0.39 is 17.7 Å². The lowest BCUT2D eigenvalue weighted by molar-refractivity contribution is -0.143. The maximum Gasteiger partial charge on any atom is 0.412 e. The molecule has 0 unspecified atom stereocenters. The van der Waals surface area contributed by atoms with Crippen LogP contribution in [0.1, 0.15) is 59.4 Å². The van der Waals surface area contributed by atoms with Gasteiger partial charge in [-0.05, 0) is 58.2 Å². The van der Waals surface area contributed by atoms with Crippen LogP contribution in [0.5, 0.6) is 0 Å². The number of esters is 1. The van der Waals surface area contributed by atoms with Crippen LogP contribution in [0.4, 0.5) is 15.3 Å². The summed E-state index contributed by atoms with van der Waals surface area (Å²) >= 11 is 0. The molecule has 0 aromatic heterocycles. The van der Waals surface area contributed by atoms with Gasteiger partial charge in [0.1, 0.15) is 5.60 Å². The van der Waals surface area contributed by atoms with Crippen molar-refractivity contribution < 1.29 is 28.7 Å². The molecule has 0 bridgehead atoms. The number of carbonyl (C=O) groups is 4. The molecular formula is C22H34N4O6. The fraction of sp³-hybridized carbons (Fsp3) is 0.545. The van der Waals surface area contributed by atoms with Crippen LogP contribution < -0.4 is 16.1 Å². The fourth-order valence-corrected chi connectivity index (χ4v) is 2.57. The molecule has 0 saturated carbocycles. The van der Waals surface area contributed by atoms with E-state index in [2.05, 4.69) is 16.1 Å². The summed E-state index contributed by atoms with van der Waals surface area (Å²) in [4.78, 5) is 47.1. The van der Waals surface area contributed by atoms with Crippen molar-refractivity contribution in [2.75, 3.05) is 18.5 Å². The lowest BCUT2D eigenvalue weighted by atomic mass is 10.2. The summed E-state index contributed by atoms with van der Waals surface area (Å²) in [7, 11) is 0. The summed E-state index contributed by atoms with van der Waals surface area (Å²) in [5.41, 5.74) is 3.26. The van der Waals surface area contributed by atoms with E-state index in [0.29, 0.717) is 25.1 Å². The largest absolute Gasteiger partial charge is 0.466 e. The van der Waals surface area contributed by atoms with Crippen molar-refractivity contribution in [2.45, 2.75) is 66.0 Å². The number of unbranched alkanes of at least 4 members (excludes halogenated alkanes) is 1. The molecule has 10 nitrogen and oxygen atoms in total. The van der Waals surface area contributed by atoms with Gasteiger partial charge in [-0.2, -0.15) is 0 Å². The lowest BCUT2D eigenvalue weighted by Crippen LogP contribution is -2.50. The number of nitrogens with zero attached hydrogens (tertiary/aromatic N) is 1. The number of amides is 4. The van der Waals surface area contributed by atoms with Crippen LogP contribution in [0.15, 0.2) is 24.3 Å². The summed E-state index contributed by atoms with van der Waals surface area (Å²) in [6.07, 6.45) is 0.770. The van der Waals surface area contributed by atoms with Crippen LogP contribution in [0.3, 0.4) is 0 Å². The molecule has 10 heteroatoms. The monoisotopic (exact) mass is 450 g/mol. The van der Waals surface area contributed by atoms with Crippen molar-refractivity contribution in [3.8, 4) is 0 Å². The van der Waals surface area contributed by atoms with Gasteiger partial charge in [0.05, 0.1) is 6.61 Å². The molecule has 0 heterocycles. The highest BCUT2D eigenvalue weighted by Crippen LogP contribution is 2.13. The standard InChI is InChI=1S/C22H34N4O6/c1-6-31-19(28)9-7-8-14-26(25-16(2)27)20(29)23-15-17-10-12-18(13-11-17)24-21(30)32-22(3,4)5/h10-13H,6-9,14-15H2,1-5H3,(H,23,29)(H,24,30)(H,25,27). The first kappa shape index (κ1) is 26.7. The second kappa shape index (κ2) is 13.2. The topological polar surface area (TPSA) is 126 Å². The minimum absolute atomic E-state index is 0.227. The number of benzene rings is 1. The summed E-state index contributed by atoms with van der Waals surface area (Å²) in [5, 5.41) is 6.56. The Bertz CT molecular complexity index is 774. The number of rotatable bonds is 9. The molecule has 0 aliphatic carbocycles. The number of ether oxygens (including phenoxy) is 2. The van der Waals surface area contributed by atoms with Gasteiger partial charge in [-0.25, -0.2) is 14.6 Å². The third-order valence-electron chi connectivity index (χ3n) is 3.90. The molecule has 1 rings (SSSR count). The van der Waals surface area contributed by atoms with E-state index in [9.17, 15) is 19.2 Å². The van der Waals surface area contributed by atoms with E-state index in [0.717, 1.165) is 5.56 Å². The Kier molecular flexibility index (Phi) is 11.0. The zero-order valence-corrected chi connectivity index (χ0v) is 19.4. The van der Waals surface area contributed by atoms with Crippen LogP contribution >= 0.6 is 0 Å². The van der Waals surface area contributed by atoms with E-state index in [-0.39, 0.29) is 31.4 Å². The van der Waals surface area contributed by atoms with Gasteiger partial charge in [0.2, 0.25) is 5.91 Å². The molecule has 0 spiro atoms. The predicted octanol–water partition coefficient (Wildman–Crippen LogP) is 3.33. The molecule has 1 aromatic rings. The summed E-state index contributed by atoms with van der Waals surface area (Å²) < 4.78 is 10.1. The molecule has 0 atom stereocenters. The van der Waals surface area contributed by atoms with Crippen LogP contribution in [0.2, 0.25) is 0 Å². The Morgan fingerprint density at radius 3 is 2.25 bits per heavy atom. The second-order valence-corrected chi connectivity index (χ2v) is 8.06. The van der Waals surface area contributed by atoms with Crippen LogP contribution in [-0.2, 0) is 25.6 Å². The van der Waals surface area contributed by atoms with Gasteiger partial charge in [-0.3, -0.25) is 20.3 Å². The van der Waals surface area contributed by atoms with Crippen LogP contribution in [-0.4, -0.2) is 47.8 Å². The number of hydrogen-bond acceptors (Lipinski definition) is 6. The quantitative estimate of drug-likeness (QED) is 0.301. The fourth-order valence-electron chi connectivity index (χ4n) is 2.57. The van der Waals surface area contributed by atoms with E-state index in [1.54, 1.807) is 52.0 Å². The average Bonchev–Trinajstić information content (AvgIpc) is 2.68. The van der Waals surface area contributed by atoms with Gasteiger partial charge in [-0.1, -0.05) is 12.1 Å². The van der Waals surface area contributed by atoms with E-state index >= 15 is 0 Å². The minimum Gasteiger partial charge on any atom is -0.466 e. The molecule has 0 radical (unpaired) electrons. The van der Waals surface area contributed by atoms with Crippen molar-refractivity contribution >= 4 is 29.7 Å². The molecule has 0 aliphatic rings. The third kappa shape index (κ3) is 11.8. The smallest absolute Gasteiger partial charge is 0.412 e. The maximum atomic E-state index is 12.5. The van der Waals surface area contributed by atoms with Crippen LogP contribution in [0.25, 0.3) is 0 Å². The second-order valence-electron chi connectivity index (χ2n) is 8.06. The number of anilines is 1. The van der Waals surface area contributed by atoms with Crippen molar-refractivity contribution in [2.24, 2.45) is 0 Å². The molecule has 0 aliphatic heterocycles. The first-order valence-electron chi connectivity index (χ1n) is 10.6. The zero-order chi connectivity index (χ0) is 24.1. The van der Waals surface area contributed by atoms with Gasteiger partial charge in [0, 0.05) is 32.1 Å². The van der Waals surface area contributed by atoms with Crippen molar-refractivity contribution in [1.82, 2.24) is 15.8 Å². The number of nitrogens with one attached hydrogen (secondary N) is 3. The zero-order valence-electron chi connectivity index (χ0n) is 19.4. The Morgan fingerprint density at radius 2 is 1.69 bits per heavy atom. The van der Waals surface area contributed by atoms with Gasteiger partial charge in [0.25, 0.3) is 0 Å². The van der Waals surface area contributed by atoms with Gasteiger partial charge >= 0.3 is 18.1 Å². The average molecular weight is 451 g/mol. The summed E-state index contributed by atoms with van der Waals surface area (Å²) in [6, 6.07) is 6.45. The van der Waals surface area contributed by atoms with E-state index in [1.807, 2.05) is 0 Å². The highest BCUT2D eigenvalue weighted by Gasteiger charge is 2.17. The molecule has 0 fully saturated rings. The summed E-state index contributed by atoms with van der Waals surface area (Å²) in [5.74, 6) is -0.657. The molecule has 178 valence electrons. The highest BCUT2D eigenvalue weighted by molar-refractivity contribution is 5.84. The first-order valence-corrected chi connectivity index (χ1v) is 10.6. The van der Waals surface area contributed by atoms with Gasteiger partial charge in [0.15, 0.2) is 0 Å². The number of hydrogen-bond donors (Lipinski definition) is 3. The van der Waals surface area contributed by atoms with Crippen LogP contribution in [0, 0.1) is 0 Å². The summed E-state index contributed by atoms with van der Waals surface area (Å²) in [6.45, 7) is 9.21. The number of urea groups is 1. The Hall–Kier alpha value is -3.30. The van der Waals surface area contributed by atoms with Crippen molar-refractivity contribution in [3.63, 3.8) is 0 Å².